The third kappa shape index (κ3) is 1.85. The maximum Gasteiger partial charge on any atom is 0.233 e. The molecule has 1 fully saturated rings. The van der Waals surface area contributed by atoms with Crippen LogP contribution in [0.4, 0.5) is 5.69 Å². The number of phenols is 1. The largest absolute Gasteiger partial charge is 0.508 e. The highest BCUT2D eigenvalue weighted by molar-refractivity contribution is 6.53. The van der Waals surface area contributed by atoms with E-state index >= 15 is 0 Å². The van der Waals surface area contributed by atoms with Gasteiger partial charge in [0.1, 0.15) is 10.1 Å². The van der Waals surface area contributed by atoms with Crippen molar-refractivity contribution in [1.82, 2.24) is 0 Å². The van der Waals surface area contributed by atoms with Gasteiger partial charge in [-0.05, 0) is 25.5 Å². The van der Waals surface area contributed by atoms with Crippen molar-refractivity contribution >= 4 is 34.8 Å². The number of benzene rings is 1. The number of nitrogens with one attached hydrogen (secondary N) is 1. The van der Waals surface area contributed by atoms with E-state index in [9.17, 15) is 9.90 Å². The van der Waals surface area contributed by atoms with Gasteiger partial charge < -0.3 is 10.4 Å². The van der Waals surface area contributed by atoms with Crippen LogP contribution in [0, 0.1) is 5.41 Å². The topological polar surface area (TPSA) is 49.3 Å². The Hall–Kier alpha value is -0.930. The first kappa shape index (κ1) is 11.6. The van der Waals surface area contributed by atoms with Crippen molar-refractivity contribution in [2.75, 3.05) is 5.32 Å². The lowest BCUT2D eigenvalue weighted by molar-refractivity contribution is -0.120. The molecule has 0 spiro atoms. The minimum Gasteiger partial charge on any atom is -0.508 e. The van der Waals surface area contributed by atoms with Crippen LogP contribution in [0.5, 0.6) is 5.75 Å². The van der Waals surface area contributed by atoms with E-state index < -0.39 is 9.75 Å². The number of anilines is 1. The Balaban J connectivity index is 2.10. The van der Waals surface area contributed by atoms with E-state index in [0.29, 0.717) is 12.1 Å². The third-order valence-electron chi connectivity index (χ3n) is 2.86. The van der Waals surface area contributed by atoms with Crippen LogP contribution in [0.1, 0.15) is 13.3 Å². The molecule has 0 radical (unpaired) electrons. The number of hydrogen-bond acceptors (Lipinski definition) is 2. The van der Waals surface area contributed by atoms with Crippen molar-refractivity contribution in [3.63, 3.8) is 0 Å². The summed E-state index contributed by atoms with van der Waals surface area (Å²) in [5, 5.41) is 11.9. The number of hydrogen-bond donors (Lipinski definition) is 2. The number of halogens is 2. The van der Waals surface area contributed by atoms with Crippen molar-refractivity contribution < 1.29 is 9.90 Å². The fourth-order valence-corrected chi connectivity index (χ4v) is 2.21. The summed E-state index contributed by atoms with van der Waals surface area (Å²) in [5.41, 5.74) is -0.219. The van der Waals surface area contributed by atoms with Crippen LogP contribution in [0.25, 0.3) is 0 Å². The minimum absolute atomic E-state index is 0.0989. The molecule has 2 rings (SSSR count). The highest BCUT2D eigenvalue weighted by atomic mass is 35.5. The van der Waals surface area contributed by atoms with Crippen LogP contribution in [-0.4, -0.2) is 15.3 Å². The molecule has 1 atom stereocenters. The van der Waals surface area contributed by atoms with Crippen LogP contribution >= 0.6 is 23.2 Å². The Bertz CT molecular complexity index is 447. The van der Waals surface area contributed by atoms with Crippen molar-refractivity contribution in [3.8, 4) is 5.75 Å². The monoisotopic (exact) mass is 259 g/mol. The average molecular weight is 260 g/mol. The molecule has 1 aromatic rings. The lowest BCUT2D eigenvalue weighted by Gasteiger charge is -2.12. The molecular weight excluding hydrogens is 249 g/mol. The Morgan fingerprint density at radius 1 is 1.50 bits per heavy atom. The van der Waals surface area contributed by atoms with Crippen LogP contribution in [0.15, 0.2) is 24.3 Å². The zero-order valence-electron chi connectivity index (χ0n) is 8.63. The fraction of sp³-hybridized carbons (Fsp3) is 0.364. The molecule has 1 aliphatic rings. The second-order valence-electron chi connectivity index (χ2n) is 4.22. The van der Waals surface area contributed by atoms with E-state index in [4.69, 9.17) is 23.2 Å². The molecule has 86 valence electrons. The van der Waals surface area contributed by atoms with Gasteiger partial charge in [0.15, 0.2) is 0 Å². The van der Waals surface area contributed by atoms with E-state index in [1.807, 2.05) is 0 Å². The molecule has 16 heavy (non-hydrogen) atoms. The highest BCUT2D eigenvalue weighted by Gasteiger charge is 2.67. The summed E-state index contributed by atoms with van der Waals surface area (Å²) in [6.07, 6.45) is 0.438. The molecule has 1 saturated carbocycles. The maximum atomic E-state index is 11.9. The fourth-order valence-electron chi connectivity index (χ4n) is 1.50. The SMILES string of the molecule is CC1(C(=O)Nc2cccc(O)c2)CC1(Cl)Cl. The van der Waals surface area contributed by atoms with E-state index in [2.05, 4.69) is 5.32 Å². The second-order valence-corrected chi connectivity index (χ2v) is 5.70. The van der Waals surface area contributed by atoms with Crippen LogP contribution in [0.2, 0.25) is 0 Å². The molecule has 1 unspecified atom stereocenters. The number of amides is 1. The first-order valence-corrected chi connectivity index (χ1v) is 5.59. The van der Waals surface area contributed by atoms with Crippen molar-refractivity contribution in [2.45, 2.75) is 17.7 Å². The smallest absolute Gasteiger partial charge is 0.233 e. The molecule has 2 N–H and O–H groups in total. The van der Waals surface area contributed by atoms with Crippen LogP contribution in [0.3, 0.4) is 0 Å². The van der Waals surface area contributed by atoms with Gasteiger partial charge in [0, 0.05) is 11.8 Å². The Kier molecular flexibility index (Phi) is 2.55. The first-order valence-electron chi connectivity index (χ1n) is 4.83. The molecule has 0 aromatic heterocycles. The molecule has 1 aromatic carbocycles. The lowest BCUT2D eigenvalue weighted by atomic mass is 10.1. The summed E-state index contributed by atoms with van der Waals surface area (Å²) in [6.45, 7) is 1.71. The Morgan fingerprint density at radius 3 is 2.62 bits per heavy atom. The predicted octanol–water partition coefficient (Wildman–Crippen LogP) is 2.91. The summed E-state index contributed by atoms with van der Waals surface area (Å²) in [6, 6.07) is 6.33. The van der Waals surface area contributed by atoms with Gasteiger partial charge in [-0.2, -0.15) is 0 Å². The summed E-state index contributed by atoms with van der Waals surface area (Å²) in [5.74, 6) is -0.134. The minimum atomic E-state index is -0.978. The van der Waals surface area contributed by atoms with Gasteiger partial charge in [0.25, 0.3) is 0 Å². The zero-order valence-corrected chi connectivity index (χ0v) is 10.1. The molecule has 1 amide bonds. The first-order chi connectivity index (χ1) is 7.35. The molecule has 0 aliphatic heterocycles. The van der Waals surface area contributed by atoms with Crippen LogP contribution in [-0.2, 0) is 4.79 Å². The second kappa shape index (κ2) is 3.54. The molecule has 0 heterocycles. The average Bonchev–Trinajstić information content (AvgIpc) is 2.67. The Morgan fingerprint density at radius 2 is 2.12 bits per heavy atom. The number of carbonyl (C=O) groups excluding carboxylic acids is 1. The van der Waals surface area contributed by atoms with Gasteiger partial charge in [-0.25, -0.2) is 0 Å². The summed E-state index contributed by atoms with van der Waals surface area (Å²) < 4.78 is -0.978. The number of rotatable bonds is 2. The molecule has 5 heteroatoms. The Labute approximate surface area is 103 Å². The number of phenolic OH excluding ortho intramolecular Hbond substituents is 1. The highest BCUT2D eigenvalue weighted by Crippen LogP contribution is 2.64. The number of carbonyl (C=O) groups is 1. The molecule has 0 bridgehead atoms. The number of aromatic hydroxyl groups is 1. The molecule has 0 saturated heterocycles. The van der Waals surface area contributed by atoms with Crippen LogP contribution < -0.4 is 5.32 Å². The van der Waals surface area contributed by atoms with Gasteiger partial charge in [-0.3, -0.25) is 4.79 Å². The van der Waals surface area contributed by atoms with E-state index in [0.717, 1.165) is 0 Å². The molecular formula is C11H11Cl2NO2. The van der Waals surface area contributed by atoms with Crippen molar-refractivity contribution in [3.05, 3.63) is 24.3 Å². The van der Waals surface area contributed by atoms with Gasteiger partial charge in [0.2, 0.25) is 5.91 Å². The normalized spacial score (nSPS) is 26.2. The maximum absolute atomic E-state index is 11.9. The van der Waals surface area contributed by atoms with Gasteiger partial charge >= 0.3 is 0 Å². The summed E-state index contributed by atoms with van der Waals surface area (Å²) in [7, 11) is 0. The third-order valence-corrected chi connectivity index (χ3v) is 3.96. The quantitative estimate of drug-likeness (QED) is 0.803. The van der Waals surface area contributed by atoms with Crippen molar-refractivity contribution in [2.24, 2.45) is 5.41 Å². The predicted molar refractivity (Wildman–Crippen MR) is 63.9 cm³/mol. The summed E-state index contributed by atoms with van der Waals surface area (Å²) >= 11 is 11.8. The van der Waals surface area contributed by atoms with Gasteiger partial charge in [-0.1, -0.05) is 6.07 Å². The number of alkyl halides is 2. The zero-order chi connectivity index (χ0) is 12.0. The lowest BCUT2D eigenvalue weighted by Crippen LogP contribution is -2.25. The van der Waals surface area contributed by atoms with E-state index in [1.54, 1.807) is 19.1 Å². The van der Waals surface area contributed by atoms with Gasteiger partial charge in [0.05, 0.1) is 5.41 Å². The van der Waals surface area contributed by atoms with E-state index in [-0.39, 0.29) is 11.7 Å². The van der Waals surface area contributed by atoms with Gasteiger partial charge in [-0.15, -0.1) is 23.2 Å². The summed E-state index contributed by atoms with van der Waals surface area (Å²) in [4.78, 5) is 11.9. The standard InChI is InChI=1S/C11H11Cl2NO2/c1-10(6-11(10,12)13)9(16)14-7-3-2-4-8(15)5-7/h2-5,15H,6H2,1H3,(H,14,16). The molecule has 3 nitrogen and oxygen atoms in total. The molecule has 1 aliphatic carbocycles. The van der Waals surface area contributed by atoms with E-state index in [1.165, 1.54) is 12.1 Å². The van der Waals surface area contributed by atoms with Crippen molar-refractivity contribution in [1.29, 1.82) is 0 Å².